The number of nitrogens with zero attached hydrogens (tertiary/aromatic N) is 2. The Bertz CT molecular complexity index is 265. The molecule has 0 atom stereocenters. The van der Waals surface area contributed by atoms with Gasteiger partial charge in [0.1, 0.15) is 0 Å². The maximum absolute atomic E-state index is 7.00. The Labute approximate surface area is 93.1 Å². The molecule has 15 heavy (non-hydrogen) atoms. The molecule has 0 spiro atoms. The Hall–Kier alpha value is -0.830. The van der Waals surface area contributed by atoms with E-state index < -0.39 is 0 Å². The van der Waals surface area contributed by atoms with Crippen LogP contribution in [0.3, 0.4) is 0 Å². The first-order chi connectivity index (χ1) is 7.29. The minimum Gasteiger partial charge on any atom is -0.400 e. The van der Waals surface area contributed by atoms with E-state index in [4.69, 9.17) is 5.11 Å². The summed E-state index contributed by atoms with van der Waals surface area (Å²) in [6.07, 6.45) is 5.99. The predicted octanol–water partition coefficient (Wildman–Crippen LogP) is 2.86. The first kappa shape index (κ1) is 14.2. The minimum atomic E-state index is 0.712. The zero-order chi connectivity index (χ0) is 11.8. The second-order valence-electron chi connectivity index (χ2n) is 3.44. The summed E-state index contributed by atoms with van der Waals surface area (Å²) < 4.78 is 2.18. The molecule has 0 unspecified atom stereocenters. The fourth-order valence-electron chi connectivity index (χ4n) is 1.51. The molecule has 1 aromatic rings. The Balaban J connectivity index is 0.000000442. The first-order valence-electron chi connectivity index (χ1n) is 5.74. The lowest BCUT2D eigenvalue weighted by Gasteiger charge is -2.26. The lowest BCUT2D eigenvalue weighted by atomic mass is 9.93. The SMILES string of the molecule is CC.CO.Cc1cnn(C2CCC2)c1C. The second-order valence-corrected chi connectivity index (χ2v) is 3.44. The van der Waals surface area contributed by atoms with Crippen molar-refractivity contribution in [2.75, 3.05) is 7.11 Å². The van der Waals surface area contributed by atoms with Gasteiger partial charge in [-0.05, 0) is 38.7 Å². The molecule has 1 heterocycles. The predicted molar refractivity (Wildman–Crippen MR) is 64.1 cm³/mol. The second kappa shape index (κ2) is 7.46. The van der Waals surface area contributed by atoms with Crippen molar-refractivity contribution in [3.8, 4) is 0 Å². The average Bonchev–Trinajstić information content (AvgIpc) is 2.54. The van der Waals surface area contributed by atoms with Crippen molar-refractivity contribution in [3.05, 3.63) is 17.5 Å². The van der Waals surface area contributed by atoms with Gasteiger partial charge in [0.05, 0.1) is 12.2 Å². The number of aliphatic hydroxyl groups excluding tert-OH is 1. The Morgan fingerprint density at radius 2 is 1.80 bits per heavy atom. The van der Waals surface area contributed by atoms with Crippen LogP contribution in [0, 0.1) is 13.8 Å². The molecule has 3 nitrogen and oxygen atoms in total. The van der Waals surface area contributed by atoms with E-state index in [2.05, 4.69) is 23.6 Å². The quantitative estimate of drug-likeness (QED) is 0.777. The lowest BCUT2D eigenvalue weighted by Crippen LogP contribution is -2.19. The zero-order valence-corrected chi connectivity index (χ0v) is 10.6. The van der Waals surface area contributed by atoms with Crippen LogP contribution in [0.25, 0.3) is 0 Å². The van der Waals surface area contributed by atoms with E-state index in [9.17, 15) is 0 Å². The highest BCUT2D eigenvalue weighted by Gasteiger charge is 2.21. The number of aromatic nitrogens is 2. The van der Waals surface area contributed by atoms with Crippen LogP contribution in [0.1, 0.15) is 50.4 Å². The molecule has 0 aromatic carbocycles. The van der Waals surface area contributed by atoms with Crippen molar-refractivity contribution in [3.63, 3.8) is 0 Å². The van der Waals surface area contributed by atoms with Gasteiger partial charge < -0.3 is 5.11 Å². The molecule has 2 rings (SSSR count). The summed E-state index contributed by atoms with van der Waals surface area (Å²) in [7, 11) is 1.00. The van der Waals surface area contributed by atoms with Crippen molar-refractivity contribution in [1.82, 2.24) is 9.78 Å². The van der Waals surface area contributed by atoms with Gasteiger partial charge in [0.15, 0.2) is 0 Å². The van der Waals surface area contributed by atoms with Crippen LogP contribution in [-0.4, -0.2) is 22.0 Å². The summed E-state index contributed by atoms with van der Waals surface area (Å²) in [4.78, 5) is 0. The molecule has 0 radical (unpaired) electrons. The third-order valence-corrected chi connectivity index (χ3v) is 2.71. The third kappa shape index (κ3) is 3.34. The van der Waals surface area contributed by atoms with E-state index in [0.29, 0.717) is 6.04 Å². The molecule has 0 saturated heterocycles. The van der Waals surface area contributed by atoms with Crippen molar-refractivity contribution in [1.29, 1.82) is 0 Å². The minimum absolute atomic E-state index is 0.712. The maximum Gasteiger partial charge on any atom is 0.0522 e. The summed E-state index contributed by atoms with van der Waals surface area (Å²) >= 11 is 0. The van der Waals surface area contributed by atoms with Gasteiger partial charge in [-0.1, -0.05) is 13.8 Å². The molecule has 1 aromatic heterocycles. The zero-order valence-electron chi connectivity index (χ0n) is 10.6. The largest absolute Gasteiger partial charge is 0.400 e. The van der Waals surface area contributed by atoms with Crippen molar-refractivity contribution in [2.24, 2.45) is 0 Å². The average molecular weight is 212 g/mol. The lowest BCUT2D eigenvalue weighted by molar-refractivity contribution is 0.284. The molecule has 3 heteroatoms. The Morgan fingerprint density at radius 3 is 2.07 bits per heavy atom. The van der Waals surface area contributed by atoms with Gasteiger partial charge >= 0.3 is 0 Å². The van der Waals surface area contributed by atoms with Crippen LogP contribution in [0.15, 0.2) is 6.20 Å². The fourth-order valence-corrected chi connectivity index (χ4v) is 1.51. The molecule has 0 amide bonds. The van der Waals surface area contributed by atoms with Gasteiger partial charge in [0, 0.05) is 12.8 Å². The molecular formula is C12H24N2O. The van der Waals surface area contributed by atoms with Gasteiger partial charge in [0.25, 0.3) is 0 Å². The molecule has 1 fully saturated rings. The van der Waals surface area contributed by atoms with E-state index in [1.165, 1.54) is 30.5 Å². The van der Waals surface area contributed by atoms with Crippen LogP contribution in [0.2, 0.25) is 0 Å². The molecule has 1 aliphatic rings. The molecule has 1 N–H and O–H groups in total. The Morgan fingerprint density at radius 1 is 1.27 bits per heavy atom. The van der Waals surface area contributed by atoms with E-state index >= 15 is 0 Å². The van der Waals surface area contributed by atoms with Crippen molar-refractivity contribution in [2.45, 2.75) is 53.0 Å². The van der Waals surface area contributed by atoms with Gasteiger partial charge in [-0.3, -0.25) is 4.68 Å². The van der Waals surface area contributed by atoms with Crippen LogP contribution >= 0.6 is 0 Å². The number of hydrogen-bond acceptors (Lipinski definition) is 2. The van der Waals surface area contributed by atoms with Crippen molar-refractivity contribution < 1.29 is 5.11 Å². The van der Waals surface area contributed by atoms with Crippen LogP contribution in [-0.2, 0) is 0 Å². The molecule has 1 saturated carbocycles. The number of aryl methyl sites for hydroxylation is 1. The van der Waals surface area contributed by atoms with Gasteiger partial charge in [-0.25, -0.2) is 0 Å². The number of hydrogen-bond donors (Lipinski definition) is 1. The number of rotatable bonds is 1. The van der Waals surface area contributed by atoms with E-state index in [1.54, 1.807) is 0 Å². The molecule has 1 aliphatic carbocycles. The summed E-state index contributed by atoms with van der Waals surface area (Å²) in [6, 6.07) is 0.712. The Kier molecular flexibility index (Phi) is 7.05. The fraction of sp³-hybridized carbons (Fsp3) is 0.750. The summed E-state index contributed by atoms with van der Waals surface area (Å²) in [6.45, 7) is 8.28. The first-order valence-corrected chi connectivity index (χ1v) is 5.74. The standard InChI is InChI=1S/C9H14N2.C2H6.CH4O/c1-7-6-10-11(8(7)2)9-4-3-5-9;2*1-2/h6,9H,3-5H2,1-2H3;1-2H3;2H,1H3. The normalized spacial score (nSPS) is 14.3. The van der Waals surface area contributed by atoms with Gasteiger partial charge in [-0.2, -0.15) is 5.10 Å². The highest BCUT2D eigenvalue weighted by Crippen LogP contribution is 2.32. The van der Waals surface area contributed by atoms with E-state index in [0.717, 1.165) is 7.11 Å². The van der Waals surface area contributed by atoms with Crippen LogP contribution in [0.5, 0.6) is 0 Å². The highest BCUT2D eigenvalue weighted by molar-refractivity contribution is 5.14. The molecule has 0 aliphatic heterocycles. The molecule has 88 valence electrons. The topological polar surface area (TPSA) is 38.1 Å². The van der Waals surface area contributed by atoms with Crippen LogP contribution < -0.4 is 0 Å². The summed E-state index contributed by atoms with van der Waals surface area (Å²) in [5.41, 5.74) is 2.66. The van der Waals surface area contributed by atoms with Gasteiger partial charge in [0.2, 0.25) is 0 Å². The van der Waals surface area contributed by atoms with Crippen molar-refractivity contribution >= 4 is 0 Å². The highest BCUT2D eigenvalue weighted by atomic mass is 16.2. The maximum atomic E-state index is 7.00. The monoisotopic (exact) mass is 212 g/mol. The van der Waals surface area contributed by atoms with E-state index in [1.807, 2.05) is 20.0 Å². The summed E-state index contributed by atoms with van der Waals surface area (Å²) in [5, 5.41) is 11.4. The van der Waals surface area contributed by atoms with Gasteiger partial charge in [-0.15, -0.1) is 0 Å². The smallest absolute Gasteiger partial charge is 0.0522 e. The molecular weight excluding hydrogens is 188 g/mol. The molecule has 0 bridgehead atoms. The number of aliphatic hydroxyl groups is 1. The van der Waals surface area contributed by atoms with E-state index in [-0.39, 0.29) is 0 Å². The summed E-state index contributed by atoms with van der Waals surface area (Å²) in [5.74, 6) is 0. The van der Waals surface area contributed by atoms with Crippen LogP contribution in [0.4, 0.5) is 0 Å². The third-order valence-electron chi connectivity index (χ3n) is 2.71.